The van der Waals surface area contributed by atoms with Crippen LogP contribution in [-0.4, -0.2) is 20.5 Å². The molecule has 6 heteroatoms. The summed E-state index contributed by atoms with van der Waals surface area (Å²) in [5.41, 5.74) is 5.80. The number of rotatable bonds is 1. The summed E-state index contributed by atoms with van der Waals surface area (Å²) in [7, 11) is 0. The first-order valence-electron chi connectivity index (χ1n) is 4.74. The zero-order valence-electron chi connectivity index (χ0n) is 8.20. The molecule has 1 aliphatic heterocycles. The number of allylic oxidation sites excluding steroid dienone is 1. The summed E-state index contributed by atoms with van der Waals surface area (Å²) >= 11 is 1.53. The first kappa shape index (κ1) is 9.44. The van der Waals surface area contributed by atoms with Gasteiger partial charge in [-0.05, 0) is 23.6 Å². The van der Waals surface area contributed by atoms with E-state index in [1.807, 2.05) is 17.5 Å². The highest BCUT2D eigenvalue weighted by Gasteiger charge is 2.23. The second kappa shape index (κ2) is 3.36. The van der Waals surface area contributed by atoms with Crippen LogP contribution in [0.25, 0.3) is 10.7 Å². The van der Waals surface area contributed by atoms with Gasteiger partial charge in [-0.25, -0.2) is 9.67 Å². The van der Waals surface area contributed by atoms with E-state index in [0.717, 1.165) is 4.88 Å². The molecular weight excluding hydrogens is 224 g/mol. The first-order chi connectivity index (χ1) is 7.75. The van der Waals surface area contributed by atoms with Crippen molar-refractivity contribution in [3.8, 4) is 10.7 Å². The van der Waals surface area contributed by atoms with Gasteiger partial charge in [0.15, 0.2) is 5.82 Å². The lowest BCUT2D eigenvalue weighted by atomic mass is 10.2. The minimum Gasteiger partial charge on any atom is -0.306 e. The Labute approximate surface area is 95.2 Å². The molecule has 0 aliphatic carbocycles. The van der Waals surface area contributed by atoms with Crippen molar-refractivity contribution >= 4 is 17.1 Å². The van der Waals surface area contributed by atoms with Crippen LogP contribution in [0.5, 0.6) is 0 Å². The van der Waals surface area contributed by atoms with E-state index < -0.39 is 6.17 Å². The SMILES string of the molecule is N[C@@H]1C=CC(=O)c2nc(-c3cccs3)nn21. The summed E-state index contributed by atoms with van der Waals surface area (Å²) in [6.45, 7) is 0. The number of aromatic nitrogens is 3. The van der Waals surface area contributed by atoms with Crippen molar-refractivity contribution < 1.29 is 4.79 Å². The molecule has 1 atom stereocenters. The van der Waals surface area contributed by atoms with Crippen molar-refractivity contribution in [3.05, 3.63) is 35.5 Å². The van der Waals surface area contributed by atoms with Crippen LogP contribution in [0, 0.1) is 0 Å². The quantitative estimate of drug-likeness (QED) is 0.802. The van der Waals surface area contributed by atoms with Gasteiger partial charge in [-0.2, -0.15) is 0 Å². The van der Waals surface area contributed by atoms with Crippen LogP contribution in [-0.2, 0) is 0 Å². The summed E-state index contributed by atoms with van der Waals surface area (Å²) in [6.07, 6.45) is 2.64. The van der Waals surface area contributed by atoms with E-state index in [1.165, 1.54) is 22.1 Å². The van der Waals surface area contributed by atoms with E-state index in [4.69, 9.17) is 5.73 Å². The molecule has 0 amide bonds. The number of thiophene rings is 1. The maximum Gasteiger partial charge on any atom is 0.222 e. The Morgan fingerprint density at radius 1 is 1.50 bits per heavy atom. The number of nitrogens with zero attached hydrogens (tertiary/aromatic N) is 3. The van der Waals surface area contributed by atoms with Gasteiger partial charge in [0, 0.05) is 0 Å². The predicted octanol–water partition coefficient (Wildman–Crippen LogP) is 1.22. The molecule has 0 saturated carbocycles. The van der Waals surface area contributed by atoms with Crippen LogP contribution in [0.2, 0.25) is 0 Å². The van der Waals surface area contributed by atoms with E-state index in [2.05, 4.69) is 10.1 Å². The van der Waals surface area contributed by atoms with E-state index in [0.29, 0.717) is 11.6 Å². The molecule has 0 aromatic carbocycles. The van der Waals surface area contributed by atoms with Crippen LogP contribution in [0.15, 0.2) is 29.7 Å². The molecule has 0 radical (unpaired) electrons. The largest absolute Gasteiger partial charge is 0.306 e. The highest BCUT2D eigenvalue weighted by molar-refractivity contribution is 7.13. The van der Waals surface area contributed by atoms with Crippen LogP contribution in [0.4, 0.5) is 0 Å². The van der Waals surface area contributed by atoms with Gasteiger partial charge in [0.1, 0.15) is 6.17 Å². The van der Waals surface area contributed by atoms with Gasteiger partial charge in [-0.3, -0.25) is 4.79 Å². The fourth-order valence-corrected chi connectivity index (χ4v) is 2.20. The molecule has 80 valence electrons. The number of nitrogens with two attached hydrogens (primary N) is 1. The van der Waals surface area contributed by atoms with Gasteiger partial charge in [0.25, 0.3) is 0 Å². The van der Waals surface area contributed by atoms with Gasteiger partial charge in [0.2, 0.25) is 11.6 Å². The van der Waals surface area contributed by atoms with E-state index in [1.54, 1.807) is 6.08 Å². The molecule has 16 heavy (non-hydrogen) atoms. The first-order valence-corrected chi connectivity index (χ1v) is 5.62. The topological polar surface area (TPSA) is 73.8 Å². The van der Waals surface area contributed by atoms with E-state index in [9.17, 15) is 4.79 Å². The molecule has 2 N–H and O–H groups in total. The summed E-state index contributed by atoms with van der Waals surface area (Å²) in [5.74, 6) is 0.702. The van der Waals surface area contributed by atoms with Crippen molar-refractivity contribution in [2.45, 2.75) is 6.17 Å². The van der Waals surface area contributed by atoms with Gasteiger partial charge in [-0.15, -0.1) is 16.4 Å². The Kier molecular flexibility index (Phi) is 1.98. The van der Waals surface area contributed by atoms with Crippen LogP contribution >= 0.6 is 11.3 Å². The summed E-state index contributed by atoms with van der Waals surface area (Å²) in [4.78, 5) is 16.7. The monoisotopic (exact) mass is 232 g/mol. The minimum atomic E-state index is -0.408. The number of fused-ring (bicyclic) bond motifs is 1. The summed E-state index contributed by atoms with van der Waals surface area (Å²) < 4.78 is 1.46. The van der Waals surface area contributed by atoms with Crippen molar-refractivity contribution in [3.63, 3.8) is 0 Å². The molecule has 3 rings (SSSR count). The lowest BCUT2D eigenvalue weighted by Crippen LogP contribution is -2.25. The van der Waals surface area contributed by atoms with Crippen molar-refractivity contribution in [2.24, 2.45) is 5.73 Å². The molecule has 0 unspecified atom stereocenters. The maximum absolute atomic E-state index is 11.6. The van der Waals surface area contributed by atoms with Crippen LogP contribution < -0.4 is 5.73 Å². The lowest BCUT2D eigenvalue weighted by molar-refractivity contribution is 0.102. The van der Waals surface area contributed by atoms with Gasteiger partial charge < -0.3 is 5.73 Å². The highest BCUT2D eigenvalue weighted by atomic mass is 32.1. The molecule has 0 saturated heterocycles. The average Bonchev–Trinajstić information content (AvgIpc) is 2.90. The molecule has 1 aliphatic rings. The van der Waals surface area contributed by atoms with Gasteiger partial charge >= 0.3 is 0 Å². The van der Waals surface area contributed by atoms with Crippen LogP contribution in [0.3, 0.4) is 0 Å². The Bertz CT molecular complexity index is 570. The Hall–Kier alpha value is -1.79. The molecule has 5 nitrogen and oxygen atoms in total. The minimum absolute atomic E-state index is 0.156. The fraction of sp³-hybridized carbons (Fsp3) is 0.100. The van der Waals surface area contributed by atoms with Gasteiger partial charge in [-0.1, -0.05) is 6.07 Å². The molecule has 0 bridgehead atoms. The third-order valence-electron chi connectivity index (χ3n) is 2.32. The fourth-order valence-electron chi connectivity index (χ4n) is 1.55. The Morgan fingerprint density at radius 3 is 3.06 bits per heavy atom. The Morgan fingerprint density at radius 2 is 2.38 bits per heavy atom. The number of carbonyl (C=O) groups excluding carboxylic acids is 1. The zero-order valence-corrected chi connectivity index (χ0v) is 9.02. The molecule has 2 aromatic heterocycles. The van der Waals surface area contributed by atoms with E-state index in [-0.39, 0.29) is 5.78 Å². The molecule has 0 fully saturated rings. The zero-order chi connectivity index (χ0) is 11.1. The summed E-state index contributed by atoms with van der Waals surface area (Å²) in [6, 6.07) is 3.83. The normalized spacial score (nSPS) is 18.8. The van der Waals surface area contributed by atoms with Crippen LogP contribution in [0.1, 0.15) is 16.8 Å². The molecule has 2 aromatic rings. The van der Waals surface area contributed by atoms with E-state index >= 15 is 0 Å². The standard InChI is InChI=1S/C10H8N4OS/c11-8-4-3-6(15)10-12-9(13-14(8)10)7-2-1-5-16-7/h1-5,8H,11H2/t8-/m0/s1. The number of ketones is 1. The van der Waals surface area contributed by atoms with Crippen molar-refractivity contribution in [1.82, 2.24) is 14.8 Å². The average molecular weight is 232 g/mol. The molecular formula is C10H8N4OS. The van der Waals surface area contributed by atoms with Gasteiger partial charge in [0.05, 0.1) is 4.88 Å². The highest BCUT2D eigenvalue weighted by Crippen LogP contribution is 2.23. The van der Waals surface area contributed by atoms with Crippen molar-refractivity contribution in [1.29, 1.82) is 0 Å². The van der Waals surface area contributed by atoms with Crippen molar-refractivity contribution in [2.75, 3.05) is 0 Å². The Balaban J connectivity index is 2.14. The second-order valence-electron chi connectivity index (χ2n) is 3.39. The number of hydrogen-bond acceptors (Lipinski definition) is 5. The predicted molar refractivity (Wildman–Crippen MR) is 60.0 cm³/mol. The molecule has 0 spiro atoms. The number of hydrogen-bond donors (Lipinski definition) is 1. The third kappa shape index (κ3) is 1.31. The lowest BCUT2D eigenvalue weighted by Gasteiger charge is -2.12. The smallest absolute Gasteiger partial charge is 0.222 e. The summed E-state index contributed by atoms with van der Waals surface area (Å²) in [5, 5.41) is 6.18. The molecule has 3 heterocycles. The number of carbonyl (C=O) groups is 1. The second-order valence-corrected chi connectivity index (χ2v) is 4.34. The third-order valence-corrected chi connectivity index (χ3v) is 3.19. The maximum atomic E-state index is 11.6.